The van der Waals surface area contributed by atoms with Crippen LogP contribution in [0.5, 0.6) is 0 Å². The lowest BCUT2D eigenvalue weighted by molar-refractivity contribution is -0.143. The van der Waals surface area contributed by atoms with E-state index in [0.717, 1.165) is 49.7 Å². The smallest absolute Gasteiger partial charge is 0.410 e. The number of ketones is 1. The van der Waals surface area contributed by atoms with E-state index in [-0.39, 0.29) is 31.1 Å². The van der Waals surface area contributed by atoms with Crippen molar-refractivity contribution in [2.45, 2.75) is 153 Å². The third-order valence-electron chi connectivity index (χ3n) is 12.2. The van der Waals surface area contributed by atoms with Gasteiger partial charge in [-0.2, -0.15) is 0 Å². The Morgan fingerprint density at radius 1 is 0.930 bits per heavy atom. The number of fused-ring (bicyclic) bond motifs is 1. The largest absolute Gasteiger partial charge is 0.444 e. The second-order valence-corrected chi connectivity index (χ2v) is 21.4. The molecule has 2 aliphatic heterocycles. The SMILES string of the molecule is CC(C)(C)C(NC(=O)NC1(CS(=O)(=O)C(C)(C)C)CCCCC1)C(=O)N1CC(OC(=O)N2CCc3ccccc3C2)CC1C(=O)NC(CC1CCC1)C(=O)C(N)=O. The fraction of sp³-hybridized carbons (Fsp3) is 0.707. The average Bonchev–Trinajstić information content (AvgIpc) is 3.53. The topological polar surface area (TPSA) is 214 Å². The molecular formula is C41H62N6O9S. The van der Waals surface area contributed by atoms with Crippen molar-refractivity contribution < 1.29 is 41.9 Å². The van der Waals surface area contributed by atoms with Crippen molar-refractivity contribution in [2.75, 3.05) is 18.8 Å². The molecule has 2 heterocycles. The van der Waals surface area contributed by atoms with E-state index < -0.39 is 85.4 Å². The lowest BCUT2D eigenvalue weighted by atomic mass is 9.80. The van der Waals surface area contributed by atoms with Gasteiger partial charge in [0, 0.05) is 19.5 Å². The molecule has 0 radical (unpaired) electrons. The van der Waals surface area contributed by atoms with Crippen LogP contribution in [-0.2, 0) is 46.7 Å². The molecule has 4 aliphatic rings. The summed E-state index contributed by atoms with van der Waals surface area (Å²) < 4.78 is 31.7. The van der Waals surface area contributed by atoms with Gasteiger partial charge >= 0.3 is 12.1 Å². The minimum absolute atomic E-state index is 0.0918. The van der Waals surface area contributed by atoms with Crippen LogP contribution in [0.2, 0.25) is 0 Å². The molecule has 16 heteroatoms. The van der Waals surface area contributed by atoms with Gasteiger partial charge < -0.3 is 36.2 Å². The van der Waals surface area contributed by atoms with Crippen LogP contribution in [0, 0.1) is 11.3 Å². The van der Waals surface area contributed by atoms with Crippen molar-refractivity contribution >= 4 is 45.5 Å². The minimum Gasteiger partial charge on any atom is -0.444 e. The van der Waals surface area contributed by atoms with Gasteiger partial charge in [-0.05, 0) is 68.9 Å². The summed E-state index contributed by atoms with van der Waals surface area (Å²) in [6, 6.07) is 3.49. The summed E-state index contributed by atoms with van der Waals surface area (Å²) in [5, 5.41) is 8.48. The van der Waals surface area contributed by atoms with E-state index in [4.69, 9.17) is 10.5 Å². The number of ether oxygens (including phenoxy) is 1. The van der Waals surface area contributed by atoms with Crippen LogP contribution in [0.1, 0.15) is 117 Å². The highest BCUT2D eigenvalue weighted by Gasteiger charge is 2.48. The van der Waals surface area contributed by atoms with Gasteiger partial charge in [0.2, 0.25) is 17.6 Å². The summed E-state index contributed by atoms with van der Waals surface area (Å²) in [7, 11) is -3.63. The van der Waals surface area contributed by atoms with Gasteiger partial charge in [-0.15, -0.1) is 0 Å². The van der Waals surface area contributed by atoms with E-state index in [1.165, 1.54) is 4.90 Å². The van der Waals surface area contributed by atoms with E-state index in [1.807, 2.05) is 24.3 Å². The molecule has 1 aromatic carbocycles. The molecule has 0 spiro atoms. The van der Waals surface area contributed by atoms with Gasteiger partial charge in [-0.25, -0.2) is 18.0 Å². The quantitative estimate of drug-likeness (QED) is 0.227. The number of carbonyl (C=O) groups is 6. The number of amides is 6. The van der Waals surface area contributed by atoms with E-state index in [0.29, 0.717) is 32.4 Å². The molecule has 316 valence electrons. The van der Waals surface area contributed by atoms with Crippen molar-refractivity contribution in [3.8, 4) is 0 Å². The van der Waals surface area contributed by atoms with Crippen LogP contribution in [0.4, 0.5) is 9.59 Å². The molecule has 0 bridgehead atoms. The zero-order valence-electron chi connectivity index (χ0n) is 34.4. The number of nitrogens with zero attached hydrogens (tertiary/aromatic N) is 2. The lowest BCUT2D eigenvalue weighted by Gasteiger charge is -2.41. The highest BCUT2D eigenvalue weighted by Crippen LogP contribution is 2.34. The summed E-state index contributed by atoms with van der Waals surface area (Å²) in [4.78, 5) is 84.1. The Hall–Kier alpha value is -4.21. The Morgan fingerprint density at radius 3 is 2.16 bits per heavy atom. The van der Waals surface area contributed by atoms with E-state index >= 15 is 0 Å². The maximum Gasteiger partial charge on any atom is 0.410 e. The highest BCUT2D eigenvalue weighted by atomic mass is 32.2. The summed E-state index contributed by atoms with van der Waals surface area (Å²) in [6.07, 6.45) is 5.22. The number of Topliss-reactive ketones (excluding diaryl/α,β-unsaturated/α-hetero) is 1. The van der Waals surface area contributed by atoms with Gasteiger partial charge in [0.05, 0.1) is 28.6 Å². The number of nitrogens with two attached hydrogens (primary N) is 1. The number of carbonyl (C=O) groups excluding carboxylic acids is 6. The standard InChI is InChI=1S/C41H62N6O9S/c1-39(2,3)33(44-37(52)45-41(18-10-7-11-19-41)25-57(54,55)40(4,5)6)36(51)47-24-29(56-38(53)46-20-17-27-15-8-9-16-28(27)23-46)22-31(47)35(50)43-30(32(48)34(42)49)21-26-13-12-14-26/h8-9,15-16,26,29-31,33H,7,10-14,17-25H2,1-6H3,(H2,42,49)(H,43,50)(H2,44,45,52). The molecule has 6 amide bonds. The fourth-order valence-electron chi connectivity index (χ4n) is 8.31. The predicted molar refractivity (Wildman–Crippen MR) is 213 cm³/mol. The van der Waals surface area contributed by atoms with Crippen molar-refractivity contribution in [1.29, 1.82) is 0 Å². The van der Waals surface area contributed by atoms with Crippen LogP contribution >= 0.6 is 0 Å². The molecule has 4 atom stereocenters. The van der Waals surface area contributed by atoms with Crippen molar-refractivity contribution in [3.05, 3.63) is 35.4 Å². The summed E-state index contributed by atoms with van der Waals surface area (Å²) in [5.74, 6) is -3.57. The zero-order chi connectivity index (χ0) is 41.9. The number of likely N-dealkylation sites (tertiary alicyclic amines) is 1. The number of benzene rings is 1. The molecule has 2 aliphatic carbocycles. The maximum atomic E-state index is 14.7. The fourth-order valence-corrected chi connectivity index (χ4v) is 9.83. The summed E-state index contributed by atoms with van der Waals surface area (Å²) in [6.45, 7) is 10.8. The Balaban J connectivity index is 1.38. The molecule has 5 N–H and O–H groups in total. The first kappa shape index (κ1) is 43.9. The number of hydrogen-bond donors (Lipinski definition) is 4. The van der Waals surface area contributed by atoms with Gasteiger partial charge in [0.15, 0.2) is 9.84 Å². The third kappa shape index (κ3) is 10.7. The van der Waals surface area contributed by atoms with Crippen LogP contribution in [-0.4, -0.2) is 107 Å². The van der Waals surface area contributed by atoms with Gasteiger partial charge in [-0.3, -0.25) is 19.2 Å². The Morgan fingerprint density at radius 2 is 1.58 bits per heavy atom. The van der Waals surface area contributed by atoms with E-state index in [2.05, 4.69) is 16.0 Å². The van der Waals surface area contributed by atoms with Crippen LogP contribution < -0.4 is 21.7 Å². The molecule has 15 nitrogen and oxygen atoms in total. The highest BCUT2D eigenvalue weighted by molar-refractivity contribution is 7.92. The first-order chi connectivity index (χ1) is 26.6. The van der Waals surface area contributed by atoms with Gasteiger partial charge in [-0.1, -0.05) is 83.6 Å². The molecule has 4 unspecified atom stereocenters. The van der Waals surface area contributed by atoms with Crippen molar-refractivity contribution in [3.63, 3.8) is 0 Å². The summed E-state index contributed by atoms with van der Waals surface area (Å²) >= 11 is 0. The van der Waals surface area contributed by atoms with Crippen molar-refractivity contribution in [2.24, 2.45) is 17.1 Å². The molecule has 57 heavy (non-hydrogen) atoms. The first-order valence-electron chi connectivity index (χ1n) is 20.4. The third-order valence-corrected chi connectivity index (χ3v) is 15.0. The number of primary amides is 1. The number of urea groups is 1. The van der Waals surface area contributed by atoms with Gasteiger partial charge in [0.1, 0.15) is 18.2 Å². The monoisotopic (exact) mass is 814 g/mol. The lowest BCUT2D eigenvalue weighted by Crippen LogP contribution is -2.63. The average molecular weight is 815 g/mol. The predicted octanol–water partition coefficient (Wildman–Crippen LogP) is 3.51. The Labute approximate surface area is 336 Å². The molecule has 1 saturated heterocycles. The Bertz CT molecular complexity index is 1810. The molecular weight excluding hydrogens is 753 g/mol. The number of hydrogen-bond acceptors (Lipinski definition) is 9. The van der Waals surface area contributed by atoms with Gasteiger partial charge in [0.25, 0.3) is 5.91 Å². The number of nitrogens with one attached hydrogen (secondary N) is 3. The van der Waals surface area contributed by atoms with Crippen LogP contribution in [0.25, 0.3) is 0 Å². The number of rotatable bonds is 12. The first-order valence-corrected chi connectivity index (χ1v) is 22.0. The molecule has 2 saturated carbocycles. The molecule has 0 aromatic heterocycles. The second kappa shape index (κ2) is 17.3. The Kier molecular flexibility index (Phi) is 13.4. The van der Waals surface area contributed by atoms with Crippen LogP contribution in [0.3, 0.4) is 0 Å². The molecule has 5 rings (SSSR count). The van der Waals surface area contributed by atoms with Crippen LogP contribution in [0.15, 0.2) is 24.3 Å². The van der Waals surface area contributed by atoms with E-state index in [9.17, 15) is 37.2 Å². The van der Waals surface area contributed by atoms with E-state index in [1.54, 1.807) is 46.4 Å². The molecule has 1 aromatic rings. The molecule has 3 fully saturated rings. The number of sulfone groups is 1. The minimum atomic E-state index is -3.63. The second-order valence-electron chi connectivity index (χ2n) is 18.6. The zero-order valence-corrected chi connectivity index (χ0v) is 35.2. The maximum absolute atomic E-state index is 14.7. The van der Waals surface area contributed by atoms with Crippen molar-refractivity contribution in [1.82, 2.24) is 25.8 Å². The summed E-state index contributed by atoms with van der Waals surface area (Å²) in [5.41, 5.74) is 5.58. The normalized spacial score (nSPS) is 22.3.